The van der Waals surface area contributed by atoms with Gasteiger partial charge in [0.2, 0.25) is 11.8 Å². The number of hydrogen-bond acceptors (Lipinski definition) is 7. The minimum Gasteiger partial charge on any atom is -0.491 e. The molecule has 0 aliphatic carbocycles. The maximum Gasteiger partial charge on any atom is 0.238 e. The topological polar surface area (TPSA) is 107 Å². The number of aliphatic hydroxyl groups excluding tert-OH is 1. The highest BCUT2D eigenvalue weighted by molar-refractivity contribution is 6.02. The average molecular weight is 526 g/mol. The molecule has 1 aliphatic heterocycles. The molecular weight excluding hydrogens is 494 g/mol. The molecule has 200 valence electrons. The predicted molar refractivity (Wildman–Crippen MR) is 151 cm³/mol. The number of para-hydroxylation sites is 1. The quantitative estimate of drug-likeness (QED) is 0.267. The Labute approximate surface area is 226 Å². The largest absolute Gasteiger partial charge is 0.491 e. The van der Waals surface area contributed by atoms with E-state index >= 15 is 0 Å². The smallest absolute Gasteiger partial charge is 0.238 e. The number of ether oxygens (including phenoxy) is 1. The minimum absolute atomic E-state index is 0.0263. The lowest BCUT2D eigenvalue weighted by Crippen LogP contribution is -2.50. The van der Waals surface area contributed by atoms with Crippen molar-refractivity contribution >= 4 is 33.6 Å². The standard InChI is InChI=1S/C30H31N5O4/c36-22(20-38-23-10-11-28-26(16-23)33-30(39-28)21-6-2-1-3-7-21)18-34-12-14-35(15-13-34)19-29(37)32-27-17-31-25-9-5-4-8-24(25)27/h1-11,16-17,22,31,36H,12-15,18-20H2,(H,32,37). The van der Waals surface area contributed by atoms with E-state index in [1.165, 1.54) is 0 Å². The third-order valence-corrected chi connectivity index (χ3v) is 6.99. The lowest BCUT2D eigenvalue weighted by Gasteiger charge is -2.35. The summed E-state index contributed by atoms with van der Waals surface area (Å²) in [6.45, 7) is 4.13. The minimum atomic E-state index is -0.630. The molecule has 1 atom stereocenters. The number of aromatic nitrogens is 2. The van der Waals surface area contributed by atoms with Crippen molar-refractivity contribution in [2.24, 2.45) is 0 Å². The molecule has 5 aromatic rings. The summed E-state index contributed by atoms with van der Waals surface area (Å²) in [7, 11) is 0. The van der Waals surface area contributed by atoms with Gasteiger partial charge in [-0.3, -0.25) is 14.6 Å². The number of aliphatic hydroxyl groups is 1. The number of nitrogens with one attached hydrogen (secondary N) is 2. The van der Waals surface area contributed by atoms with E-state index in [0.717, 1.165) is 48.3 Å². The molecular formula is C30H31N5O4. The third kappa shape index (κ3) is 5.96. The Kier molecular flexibility index (Phi) is 7.27. The van der Waals surface area contributed by atoms with Gasteiger partial charge in [0.15, 0.2) is 5.58 Å². The van der Waals surface area contributed by atoms with Gasteiger partial charge in [-0.1, -0.05) is 36.4 Å². The summed E-state index contributed by atoms with van der Waals surface area (Å²) >= 11 is 0. The molecule has 2 aromatic heterocycles. The molecule has 9 nitrogen and oxygen atoms in total. The summed E-state index contributed by atoms with van der Waals surface area (Å²) in [6.07, 6.45) is 1.20. The summed E-state index contributed by atoms with van der Waals surface area (Å²) in [5.74, 6) is 1.18. The molecule has 6 rings (SSSR count). The first-order chi connectivity index (χ1) is 19.1. The van der Waals surface area contributed by atoms with E-state index in [2.05, 4.69) is 25.1 Å². The zero-order valence-electron chi connectivity index (χ0n) is 21.5. The van der Waals surface area contributed by atoms with Crippen molar-refractivity contribution in [1.29, 1.82) is 0 Å². The van der Waals surface area contributed by atoms with Gasteiger partial charge in [0.05, 0.1) is 12.2 Å². The number of oxazole rings is 1. The fraction of sp³-hybridized carbons (Fsp3) is 0.267. The number of aromatic amines is 1. The first-order valence-electron chi connectivity index (χ1n) is 13.2. The lowest BCUT2D eigenvalue weighted by molar-refractivity contribution is -0.117. The van der Waals surface area contributed by atoms with Gasteiger partial charge in [-0.15, -0.1) is 0 Å². The Bertz CT molecular complexity index is 1560. The second-order valence-electron chi connectivity index (χ2n) is 9.85. The summed E-state index contributed by atoms with van der Waals surface area (Å²) in [5.41, 5.74) is 4.12. The highest BCUT2D eigenvalue weighted by atomic mass is 16.5. The van der Waals surface area contributed by atoms with Crippen LogP contribution < -0.4 is 10.1 Å². The first-order valence-corrected chi connectivity index (χ1v) is 13.2. The molecule has 0 saturated carbocycles. The van der Waals surface area contributed by atoms with Gasteiger partial charge < -0.3 is 24.6 Å². The molecule has 39 heavy (non-hydrogen) atoms. The number of carbonyl (C=O) groups is 1. The number of benzene rings is 3. The molecule has 1 fully saturated rings. The molecule has 3 N–H and O–H groups in total. The van der Waals surface area contributed by atoms with Crippen molar-refractivity contribution in [2.75, 3.05) is 51.2 Å². The second-order valence-corrected chi connectivity index (χ2v) is 9.85. The van der Waals surface area contributed by atoms with Crippen LogP contribution >= 0.6 is 0 Å². The van der Waals surface area contributed by atoms with E-state index in [4.69, 9.17) is 9.15 Å². The Morgan fingerprint density at radius 3 is 2.64 bits per heavy atom. The van der Waals surface area contributed by atoms with E-state index in [0.29, 0.717) is 35.8 Å². The van der Waals surface area contributed by atoms with Gasteiger partial charge in [-0.2, -0.15) is 0 Å². The van der Waals surface area contributed by atoms with Crippen LogP contribution in [0.2, 0.25) is 0 Å². The van der Waals surface area contributed by atoms with E-state index in [-0.39, 0.29) is 12.5 Å². The number of anilines is 1. The average Bonchev–Trinajstić information content (AvgIpc) is 3.57. The molecule has 1 unspecified atom stereocenters. The van der Waals surface area contributed by atoms with Gasteiger partial charge in [0.1, 0.15) is 24.0 Å². The molecule has 0 spiro atoms. The van der Waals surface area contributed by atoms with Gasteiger partial charge in [0.25, 0.3) is 0 Å². The van der Waals surface area contributed by atoms with E-state index < -0.39 is 6.10 Å². The number of rotatable bonds is 9. The summed E-state index contributed by atoms with van der Waals surface area (Å²) < 4.78 is 11.7. The van der Waals surface area contributed by atoms with Crippen molar-refractivity contribution in [2.45, 2.75) is 6.10 Å². The number of nitrogens with zero attached hydrogens (tertiary/aromatic N) is 3. The van der Waals surface area contributed by atoms with Gasteiger partial charge >= 0.3 is 0 Å². The van der Waals surface area contributed by atoms with Crippen LogP contribution in [-0.4, -0.2) is 82.8 Å². The van der Waals surface area contributed by atoms with Crippen LogP contribution in [0.5, 0.6) is 5.75 Å². The predicted octanol–water partition coefficient (Wildman–Crippen LogP) is 3.97. The molecule has 0 bridgehead atoms. The summed E-state index contributed by atoms with van der Waals surface area (Å²) in [4.78, 5) is 24.7. The third-order valence-electron chi connectivity index (χ3n) is 6.99. The van der Waals surface area contributed by atoms with Gasteiger partial charge in [-0.25, -0.2) is 4.98 Å². The highest BCUT2D eigenvalue weighted by Crippen LogP contribution is 2.27. The Balaban J connectivity index is 0.943. The number of carbonyl (C=O) groups excluding carboxylic acids is 1. The Morgan fingerprint density at radius 1 is 1.03 bits per heavy atom. The van der Waals surface area contributed by atoms with Crippen LogP contribution in [0.1, 0.15) is 0 Å². The Hall–Kier alpha value is -4.18. The summed E-state index contributed by atoms with van der Waals surface area (Å²) in [6, 6.07) is 23.2. The normalized spacial score (nSPS) is 15.5. The monoisotopic (exact) mass is 525 g/mol. The van der Waals surface area contributed by atoms with Crippen molar-refractivity contribution in [3.63, 3.8) is 0 Å². The van der Waals surface area contributed by atoms with E-state index in [1.54, 1.807) is 0 Å². The number of piperazine rings is 1. The summed E-state index contributed by atoms with van der Waals surface area (Å²) in [5, 5.41) is 14.6. The van der Waals surface area contributed by atoms with Crippen molar-refractivity contribution in [3.05, 3.63) is 79.0 Å². The van der Waals surface area contributed by atoms with Crippen LogP contribution in [0.3, 0.4) is 0 Å². The van der Waals surface area contributed by atoms with Crippen LogP contribution in [0.15, 0.2) is 83.4 Å². The maximum absolute atomic E-state index is 12.6. The van der Waals surface area contributed by atoms with Crippen LogP contribution in [0, 0.1) is 0 Å². The van der Waals surface area contributed by atoms with E-state index in [9.17, 15) is 9.90 Å². The number of hydrogen-bond donors (Lipinski definition) is 3. The number of fused-ring (bicyclic) bond motifs is 2. The van der Waals surface area contributed by atoms with Crippen LogP contribution in [-0.2, 0) is 4.79 Å². The van der Waals surface area contributed by atoms with E-state index in [1.807, 2.05) is 79.0 Å². The molecule has 1 amide bonds. The maximum atomic E-state index is 12.6. The fourth-order valence-electron chi connectivity index (χ4n) is 4.94. The van der Waals surface area contributed by atoms with Crippen molar-refractivity contribution < 1.29 is 19.1 Å². The van der Waals surface area contributed by atoms with Gasteiger partial charge in [0, 0.05) is 61.5 Å². The first kappa shape index (κ1) is 25.1. The Morgan fingerprint density at radius 2 is 1.79 bits per heavy atom. The zero-order chi connectivity index (χ0) is 26.6. The van der Waals surface area contributed by atoms with Gasteiger partial charge in [-0.05, 0) is 30.3 Å². The highest BCUT2D eigenvalue weighted by Gasteiger charge is 2.21. The number of H-pyrrole nitrogens is 1. The lowest BCUT2D eigenvalue weighted by atomic mass is 10.2. The number of β-amino-alcohol motifs (C(OH)–C–C–N with tert-alkyl or cyclic N) is 1. The number of amides is 1. The molecule has 3 heterocycles. The fourth-order valence-corrected chi connectivity index (χ4v) is 4.94. The molecule has 1 aliphatic rings. The van der Waals surface area contributed by atoms with Crippen LogP contribution in [0.4, 0.5) is 5.69 Å². The second kappa shape index (κ2) is 11.3. The molecule has 9 heteroatoms. The molecule has 1 saturated heterocycles. The zero-order valence-corrected chi connectivity index (χ0v) is 21.5. The molecule has 3 aromatic carbocycles. The SMILES string of the molecule is O=C(CN1CCN(CC(O)COc2ccc3oc(-c4ccccc4)nc3c2)CC1)Nc1c[nH]c2ccccc12. The van der Waals surface area contributed by atoms with Crippen molar-refractivity contribution in [1.82, 2.24) is 19.8 Å². The molecule has 0 radical (unpaired) electrons. The van der Waals surface area contributed by atoms with Crippen molar-refractivity contribution in [3.8, 4) is 17.2 Å². The van der Waals surface area contributed by atoms with Crippen LogP contribution in [0.25, 0.3) is 33.5 Å².